The first kappa shape index (κ1) is 17.2. The van der Waals surface area contributed by atoms with Crippen LogP contribution in [0.2, 0.25) is 0 Å². The second-order valence-corrected chi connectivity index (χ2v) is 6.68. The molecule has 0 bridgehead atoms. The van der Waals surface area contributed by atoms with E-state index in [-0.39, 0.29) is 12.1 Å². The summed E-state index contributed by atoms with van der Waals surface area (Å²) in [5.74, 6) is 0. The topological polar surface area (TPSA) is 70.4 Å². The molecular formula is C19H24N4O2. The van der Waals surface area contributed by atoms with Crippen LogP contribution in [0.5, 0.6) is 0 Å². The average molecular weight is 340 g/mol. The third-order valence-electron chi connectivity index (χ3n) is 4.83. The molecule has 6 heteroatoms. The van der Waals surface area contributed by atoms with E-state index in [1.165, 1.54) is 11.1 Å². The fraction of sp³-hybridized carbons (Fsp3) is 0.368. The Kier molecular flexibility index (Phi) is 4.90. The molecule has 1 amide bonds. The average Bonchev–Trinajstić information content (AvgIpc) is 3.00. The van der Waals surface area contributed by atoms with E-state index in [0.717, 1.165) is 17.7 Å². The highest BCUT2D eigenvalue weighted by atomic mass is 16.4. The standard InChI is InChI=1S/C19H24N4O2/c1-22(2)18-12-14(7-8-16(18)21-19(24)25)13-5-4-6-15(11-13)17-9-10-20-23(17)3/h4-7,9-11,16,18,21H,8,12H2,1-3H3,(H,24,25)/t16-,18-/m0/s1. The van der Waals surface area contributed by atoms with Gasteiger partial charge in [-0.3, -0.25) is 4.68 Å². The molecule has 1 heterocycles. The molecule has 1 aliphatic carbocycles. The number of hydrogen-bond donors (Lipinski definition) is 2. The van der Waals surface area contributed by atoms with E-state index >= 15 is 0 Å². The molecule has 0 radical (unpaired) electrons. The molecule has 2 N–H and O–H groups in total. The molecule has 0 unspecified atom stereocenters. The minimum atomic E-state index is -0.966. The maximum atomic E-state index is 11.0. The number of nitrogens with one attached hydrogen (secondary N) is 1. The summed E-state index contributed by atoms with van der Waals surface area (Å²) >= 11 is 0. The van der Waals surface area contributed by atoms with Crippen molar-refractivity contribution in [1.82, 2.24) is 20.0 Å². The van der Waals surface area contributed by atoms with Crippen LogP contribution in [-0.2, 0) is 7.05 Å². The number of amides is 1. The van der Waals surface area contributed by atoms with E-state index in [0.29, 0.717) is 6.42 Å². The summed E-state index contributed by atoms with van der Waals surface area (Å²) in [5.41, 5.74) is 4.64. The molecule has 1 aromatic carbocycles. The Hall–Kier alpha value is -2.60. The molecule has 0 spiro atoms. The van der Waals surface area contributed by atoms with Crippen LogP contribution in [-0.4, -0.2) is 52.1 Å². The van der Waals surface area contributed by atoms with Crippen LogP contribution < -0.4 is 5.32 Å². The van der Waals surface area contributed by atoms with Crippen molar-refractivity contribution in [3.63, 3.8) is 0 Å². The molecule has 0 fully saturated rings. The highest BCUT2D eigenvalue weighted by Gasteiger charge is 2.29. The Balaban J connectivity index is 1.88. The van der Waals surface area contributed by atoms with Gasteiger partial charge in [0.05, 0.1) is 11.7 Å². The van der Waals surface area contributed by atoms with Gasteiger partial charge in [0.2, 0.25) is 0 Å². The molecule has 2 atom stereocenters. The summed E-state index contributed by atoms with van der Waals surface area (Å²) in [6.45, 7) is 0. The number of aryl methyl sites for hydroxylation is 1. The van der Waals surface area contributed by atoms with Crippen molar-refractivity contribution in [2.75, 3.05) is 14.1 Å². The fourth-order valence-corrected chi connectivity index (χ4v) is 3.50. The van der Waals surface area contributed by atoms with Crippen molar-refractivity contribution in [3.8, 4) is 11.3 Å². The van der Waals surface area contributed by atoms with E-state index in [1.807, 2.05) is 31.9 Å². The van der Waals surface area contributed by atoms with Gasteiger partial charge in [0.25, 0.3) is 0 Å². The zero-order chi connectivity index (χ0) is 18.0. The van der Waals surface area contributed by atoms with Crippen molar-refractivity contribution >= 4 is 11.7 Å². The van der Waals surface area contributed by atoms with Gasteiger partial charge < -0.3 is 15.3 Å². The zero-order valence-electron chi connectivity index (χ0n) is 14.8. The van der Waals surface area contributed by atoms with Crippen LogP contribution in [0.25, 0.3) is 16.8 Å². The monoisotopic (exact) mass is 340 g/mol. The number of hydrogen-bond acceptors (Lipinski definition) is 3. The van der Waals surface area contributed by atoms with Gasteiger partial charge in [-0.25, -0.2) is 4.79 Å². The normalized spacial score (nSPS) is 20.4. The van der Waals surface area contributed by atoms with Crippen LogP contribution in [0.15, 0.2) is 42.6 Å². The van der Waals surface area contributed by atoms with E-state index < -0.39 is 6.09 Å². The lowest BCUT2D eigenvalue weighted by Crippen LogP contribution is -2.50. The molecule has 25 heavy (non-hydrogen) atoms. The minimum Gasteiger partial charge on any atom is -0.465 e. The van der Waals surface area contributed by atoms with Gasteiger partial charge in [0.15, 0.2) is 0 Å². The smallest absolute Gasteiger partial charge is 0.404 e. The van der Waals surface area contributed by atoms with Gasteiger partial charge >= 0.3 is 6.09 Å². The lowest BCUT2D eigenvalue weighted by atomic mass is 9.85. The maximum Gasteiger partial charge on any atom is 0.404 e. The van der Waals surface area contributed by atoms with Crippen LogP contribution in [0.3, 0.4) is 0 Å². The van der Waals surface area contributed by atoms with Crippen LogP contribution >= 0.6 is 0 Å². The minimum absolute atomic E-state index is 0.0866. The van der Waals surface area contributed by atoms with Crippen LogP contribution in [0.4, 0.5) is 4.79 Å². The van der Waals surface area contributed by atoms with Gasteiger partial charge in [-0.15, -0.1) is 0 Å². The van der Waals surface area contributed by atoms with E-state index in [1.54, 1.807) is 6.20 Å². The summed E-state index contributed by atoms with van der Waals surface area (Å²) in [6.07, 6.45) is 4.49. The number of carbonyl (C=O) groups is 1. The first-order chi connectivity index (χ1) is 12.0. The SMILES string of the molecule is CN(C)[C@H]1CC(c2cccc(-c3ccnn3C)c2)=CC[C@@H]1NC(=O)O. The Morgan fingerprint density at radius 1 is 1.32 bits per heavy atom. The summed E-state index contributed by atoms with van der Waals surface area (Å²) in [4.78, 5) is 13.1. The third-order valence-corrected chi connectivity index (χ3v) is 4.83. The summed E-state index contributed by atoms with van der Waals surface area (Å²) in [7, 11) is 5.93. The van der Waals surface area contributed by atoms with Crippen molar-refractivity contribution in [2.24, 2.45) is 7.05 Å². The van der Waals surface area contributed by atoms with E-state index in [9.17, 15) is 4.79 Å². The molecule has 0 saturated heterocycles. The van der Waals surface area contributed by atoms with Gasteiger partial charge in [0.1, 0.15) is 0 Å². The molecule has 1 aromatic heterocycles. The Labute approximate surface area is 147 Å². The first-order valence-electron chi connectivity index (χ1n) is 8.39. The molecule has 3 rings (SSSR count). The second kappa shape index (κ2) is 7.11. The van der Waals surface area contributed by atoms with E-state index in [4.69, 9.17) is 5.11 Å². The van der Waals surface area contributed by atoms with Crippen LogP contribution in [0, 0.1) is 0 Å². The number of likely N-dealkylation sites (N-methyl/N-ethyl adjacent to an activating group) is 1. The van der Waals surface area contributed by atoms with Crippen molar-refractivity contribution in [1.29, 1.82) is 0 Å². The van der Waals surface area contributed by atoms with Gasteiger partial charge in [-0.05, 0) is 50.2 Å². The number of aromatic nitrogens is 2. The van der Waals surface area contributed by atoms with Crippen molar-refractivity contribution in [2.45, 2.75) is 24.9 Å². The molecular weight excluding hydrogens is 316 g/mol. The molecule has 0 aliphatic heterocycles. The van der Waals surface area contributed by atoms with Crippen molar-refractivity contribution in [3.05, 3.63) is 48.2 Å². The molecule has 2 aromatic rings. The fourth-order valence-electron chi connectivity index (χ4n) is 3.50. The largest absolute Gasteiger partial charge is 0.465 e. The van der Waals surface area contributed by atoms with Gasteiger partial charge in [-0.2, -0.15) is 5.10 Å². The quantitative estimate of drug-likeness (QED) is 0.898. The number of rotatable bonds is 4. The van der Waals surface area contributed by atoms with E-state index in [2.05, 4.69) is 45.7 Å². The highest BCUT2D eigenvalue weighted by molar-refractivity contribution is 5.73. The third kappa shape index (κ3) is 3.74. The zero-order valence-corrected chi connectivity index (χ0v) is 14.8. The molecule has 6 nitrogen and oxygen atoms in total. The van der Waals surface area contributed by atoms with Crippen molar-refractivity contribution < 1.29 is 9.90 Å². The number of carboxylic acid groups (broad SMARTS) is 1. The lowest BCUT2D eigenvalue weighted by molar-refractivity contribution is 0.172. The van der Waals surface area contributed by atoms with Crippen LogP contribution in [0.1, 0.15) is 18.4 Å². The Bertz CT molecular complexity index is 794. The first-order valence-corrected chi connectivity index (χ1v) is 8.39. The second-order valence-electron chi connectivity index (χ2n) is 6.68. The molecule has 1 aliphatic rings. The predicted molar refractivity (Wildman–Crippen MR) is 98.3 cm³/mol. The lowest BCUT2D eigenvalue weighted by Gasteiger charge is -2.36. The van der Waals surface area contributed by atoms with Gasteiger partial charge in [-0.1, -0.05) is 24.3 Å². The number of nitrogens with zero attached hydrogens (tertiary/aromatic N) is 3. The summed E-state index contributed by atoms with van der Waals surface area (Å²) < 4.78 is 1.86. The number of benzene rings is 1. The molecule has 0 saturated carbocycles. The Morgan fingerprint density at radius 3 is 2.72 bits per heavy atom. The van der Waals surface area contributed by atoms with Gasteiger partial charge in [0, 0.05) is 24.8 Å². The Morgan fingerprint density at radius 2 is 2.08 bits per heavy atom. The summed E-state index contributed by atoms with van der Waals surface area (Å²) in [6, 6.07) is 10.5. The maximum absolute atomic E-state index is 11.0. The molecule has 132 valence electrons. The predicted octanol–water partition coefficient (Wildman–Crippen LogP) is 2.83. The summed E-state index contributed by atoms with van der Waals surface area (Å²) in [5, 5.41) is 15.9. The highest BCUT2D eigenvalue weighted by Crippen LogP contribution is 2.31.